The molecule has 104 valence electrons. The van der Waals surface area contributed by atoms with Crippen molar-refractivity contribution in [2.24, 2.45) is 0 Å². The number of benzene rings is 2. The largest absolute Gasteiger partial charge is 0.487 e. The van der Waals surface area contributed by atoms with Crippen molar-refractivity contribution >= 4 is 21.6 Å². The molecule has 0 saturated carbocycles. The molecule has 2 nitrogen and oxygen atoms in total. The van der Waals surface area contributed by atoms with Crippen molar-refractivity contribution in [3.63, 3.8) is 0 Å². The molecule has 0 atom stereocenters. The zero-order chi connectivity index (χ0) is 14.2. The van der Waals surface area contributed by atoms with Crippen LogP contribution in [-0.4, -0.2) is 5.60 Å². The van der Waals surface area contributed by atoms with Gasteiger partial charge in [0, 0.05) is 28.7 Å². The average Bonchev–Trinajstić information content (AvgIpc) is 2.72. The summed E-state index contributed by atoms with van der Waals surface area (Å²) < 4.78 is 7.18. The van der Waals surface area contributed by atoms with Gasteiger partial charge in [-0.05, 0) is 43.7 Å². The summed E-state index contributed by atoms with van der Waals surface area (Å²) in [6.45, 7) is 5.05. The predicted molar refractivity (Wildman–Crippen MR) is 86.3 cm³/mol. The van der Waals surface area contributed by atoms with E-state index in [0.29, 0.717) is 0 Å². The molecular weight excluding hydrogens is 314 g/mol. The van der Waals surface area contributed by atoms with Gasteiger partial charge in [0.15, 0.2) is 0 Å². The number of fused-ring (bicyclic) bond motifs is 1. The lowest BCUT2D eigenvalue weighted by Crippen LogP contribution is -2.25. The van der Waals surface area contributed by atoms with Crippen LogP contribution < -0.4 is 10.1 Å². The van der Waals surface area contributed by atoms with E-state index in [4.69, 9.17) is 4.74 Å². The van der Waals surface area contributed by atoms with E-state index >= 15 is 0 Å². The smallest absolute Gasteiger partial charge is 0.128 e. The molecule has 0 unspecified atom stereocenters. The van der Waals surface area contributed by atoms with Gasteiger partial charge in [-0.3, -0.25) is 0 Å². The van der Waals surface area contributed by atoms with Gasteiger partial charge < -0.3 is 10.1 Å². The van der Waals surface area contributed by atoms with Gasteiger partial charge in [-0.15, -0.1) is 0 Å². The Morgan fingerprint density at radius 3 is 2.65 bits per heavy atom. The third-order valence-electron chi connectivity index (χ3n) is 3.50. The fourth-order valence-corrected chi connectivity index (χ4v) is 2.85. The van der Waals surface area contributed by atoms with Crippen LogP contribution in [0.3, 0.4) is 0 Å². The normalized spacial score (nSPS) is 15.6. The molecule has 0 spiro atoms. The number of hydrogen-bond acceptors (Lipinski definition) is 2. The minimum Gasteiger partial charge on any atom is -0.487 e. The lowest BCUT2D eigenvalue weighted by atomic mass is 10.0. The highest BCUT2D eigenvalue weighted by atomic mass is 79.9. The van der Waals surface area contributed by atoms with Crippen LogP contribution in [0.4, 0.5) is 5.69 Å². The molecule has 0 fully saturated rings. The van der Waals surface area contributed by atoms with Gasteiger partial charge in [0.05, 0.1) is 0 Å². The second-order valence-electron chi connectivity index (χ2n) is 5.80. The molecule has 1 N–H and O–H groups in total. The van der Waals surface area contributed by atoms with Gasteiger partial charge in [0.2, 0.25) is 0 Å². The van der Waals surface area contributed by atoms with E-state index in [9.17, 15) is 0 Å². The predicted octanol–water partition coefficient (Wildman–Crippen LogP) is 4.77. The molecule has 2 aromatic rings. The van der Waals surface area contributed by atoms with E-state index in [1.807, 2.05) is 12.1 Å². The van der Waals surface area contributed by atoms with Crippen LogP contribution in [0.15, 0.2) is 46.9 Å². The summed E-state index contributed by atoms with van der Waals surface area (Å²) in [5.41, 5.74) is 3.56. The van der Waals surface area contributed by atoms with Crippen LogP contribution >= 0.6 is 15.9 Å². The first-order valence-electron chi connectivity index (χ1n) is 6.83. The highest BCUT2D eigenvalue weighted by Gasteiger charge is 2.31. The molecule has 0 radical (unpaired) electrons. The molecule has 1 aliphatic rings. The number of hydrogen-bond donors (Lipinski definition) is 1. The highest BCUT2D eigenvalue weighted by molar-refractivity contribution is 9.10. The van der Waals surface area contributed by atoms with Gasteiger partial charge in [0.25, 0.3) is 0 Å². The maximum atomic E-state index is 6.09. The van der Waals surface area contributed by atoms with Crippen molar-refractivity contribution in [1.82, 2.24) is 0 Å². The van der Waals surface area contributed by atoms with Crippen LogP contribution in [0, 0.1) is 0 Å². The fraction of sp³-hybridized carbons (Fsp3) is 0.294. The SMILES string of the molecule is CC1(C)Cc2cccc(CNc3ccc(Br)cc3)c2O1. The minimum absolute atomic E-state index is 0.0873. The zero-order valence-corrected chi connectivity index (χ0v) is 13.3. The molecule has 0 bridgehead atoms. The van der Waals surface area contributed by atoms with Crippen LogP contribution in [0.1, 0.15) is 25.0 Å². The number of nitrogens with one attached hydrogen (secondary N) is 1. The number of anilines is 1. The van der Waals surface area contributed by atoms with Crippen LogP contribution in [0.5, 0.6) is 5.75 Å². The summed E-state index contributed by atoms with van der Waals surface area (Å²) in [5, 5.41) is 3.44. The Labute approximate surface area is 128 Å². The van der Waals surface area contributed by atoms with E-state index in [-0.39, 0.29) is 5.60 Å². The van der Waals surface area contributed by atoms with Crippen LogP contribution in [0.25, 0.3) is 0 Å². The summed E-state index contributed by atoms with van der Waals surface area (Å²) in [6, 6.07) is 14.6. The fourth-order valence-electron chi connectivity index (χ4n) is 2.58. The number of halogens is 1. The summed E-state index contributed by atoms with van der Waals surface area (Å²) >= 11 is 3.45. The third kappa shape index (κ3) is 2.83. The van der Waals surface area contributed by atoms with Crippen molar-refractivity contribution in [2.45, 2.75) is 32.4 Å². The maximum absolute atomic E-state index is 6.09. The van der Waals surface area contributed by atoms with E-state index < -0.39 is 0 Å². The van der Waals surface area contributed by atoms with Crippen molar-refractivity contribution in [2.75, 3.05) is 5.32 Å². The summed E-state index contributed by atoms with van der Waals surface area (Å²) in [4.78, 5) is 0. The number of rotatable bonds is 3. The Bertz CT molecular complexity index is 619. The van der Waals surface area contributed by atoms with E-state index in [1.54, 1.807) is 0 Å². The number of ether oxygens (including phenoxy) is 1. The van der Waals surface area contributed by atoms with E-state index in [1.165, 1.54) is 11.1 Å². The molecule has 3 heteroatoms. The summed E-state index contributed by atoms with van der Waals surface area (Å²) in [7, 11) is 0. The molecule has 2 aromatic carbocycles. The lowest BCUT2D eigenvalue weighted by molar-refractivity contribution is 0.137. The van der Waals surface area contributed by atoms with Gasteiger partial charge in [-0.25, -0.2) is 0 Å². The maximum Gasteiger partial charge on any atom is 0.128 e. The monoisotopic (exact) mass is 331 g/mol. The second kappa shape index (κ2) is 5.13. The van der Waals surface area contributed by atoms with Crippen LogP contribution in [0.2, 0.25) is 0 Å². The molecule has 20 heavy (non-hydrogen) atoms. The Kier molecular flexibility index (Phi) is 3.47. The minimum atomic E-state index is -0.0873. The summed E-state index contributed by atoms with van der Waals surface area (Å²) in [5.74, 6) is 1.06. The second-order valence-corrected chi connectivity index (χ2v) is 6.72. The Morgan fingerprint density at radius 2 is 1.90 bits per heavy atom. The quantitative estimate of drug-likeness (QED) is 0.874. The van der Waals surface area contributed by atoms with Gasteiger partial charge >= 0.3 is 0 Å². The average molecular weight is 332 g/mol. The van der Waals surface area contributed by atoms with Crippen molar-refractivity contribution in [3.8, 4) is 5.75 Å². The van der Waals surface area contributed by atoms with Gasteiger partial charge in [0.1, 0.15) is 11.4 Å². The van der Waals surface area contributed by atoms with E-state index in [0.717, 1.165) is 28.9 Å². The first kappa shape index (κ1) is 13.5. The Balaban J connectivity index is 1.76. The number of para-hydroxylation sites is 1. The molecule has 1 aliphatic heterocycles. The lowest BCUT2D eigenvalue weighted by Gasteiger charge is -2.18. The molecular formula is C17H18BrNO. The zero-order valence-electron chi connectivity index (χ0n) is 11.7. The molecule has 0 aromatic heterocycles. The molecule has 3 rings (SSSR count). The first-order chi connectivity index (χ1) is 9.53. The standard InChI is InChI=1S/C17H18BrNO/c1-17(2)10-12-4-3-5-13(16(12)20-17)11-19-15-8-6-14(18)7-9-15/h3-9,19H,10-11H2,1-2H3. The van der Waals surface area contributed by atoms with Crippen LogP contribution in [-0.2, 0) is 13.0 Å². The Morgan fingerprint density at radius 1 is 1.15 bits per heavy atom. The third-order valence-corrected chi connectivity index (χ3v) is 4.03. The molecule has 0 aliphatic carbocycles. The first-order valence-corrected chi connectivity index (χ1v) is 7.62. The molecule has 0 saturated heterocycles. The van der Waals surface area contributed by atoms with E-state index in [2.05, 4.69) is 65.4 Å². The van der Waals surface area contributed by atoms with Gasteiger partial charge in [-0.2, -0.15) is 0 Å². The highest BCUT2D eigenvalue weighted by Crippen LogP contribution is 2.37. The Hall–Kier alpha value is -1.48. The van der Waals surface area contributed by atoms with Crippen molar-refractivity contribution in [1.29, 1.82) is 0 Å². The molecule has 1 heterocycles. The van der Waals surface area contributed by atoms with Gasteiger partial charge in [-0.1, -0.05) is 34.1 Å². The van der Waals surface area contributed by atoms with Crippen molar-refractivity contribution < 1.29 is 4.74 Å². The molecule has 0 amide bonds. The topological polar surface area (TPSA) is 21.3 Å². The summed E-state index contributed by atoms with van der Waals surface area (Å²) in [6.07, 6.45) is 0.981. The van der Waals surface area contributed by atoms with Crippen molar-refractivity contribution in [3.05, 3.63) is 58.1 Å².